The smallest absolute Gasteiger partial charge is 0.247 e. The fourth-order valence-corrected chi connectivity index (χ4v) is 4.22. The molecule has 9 nitrogen and oxygen atoms in total. The van der Waals surface area contributed by atoms with Gasteiger partial charge in [-0.3, -0.25) is 4.79 Å². The van der Waals surface area contributed by atoms with Crippen molar-refractivity contribution in [1.82, 2.24) is 19.4 Å². The third kappa shape index (κ3) is 6.10. The first-order valence-electron chi connectivity index (χ1n) is 11.7. The highest BCUT2D eigenvalue weighted by molar-refractivity contribution is 9.10. The average molecular weight is 564 g/mol. The van der Waals surface area contributed by atoms with Crippen molar-refractivity contribution in [3.8, 4) is 11.6 Å². The van der Waals surface area contributed by atoms with E-state index in [0.717, 1.165) is 34.2 Å². The van der Waals surface area contributed by atoms with Crippen molar-refractivity contribution in [2.45, 2.75) is 0 Å². The SMILES string of the molecule is C=CC(=O)Nc1cc(Nc2nccc(-n3ccc4ccc(Br)cc43)n2)c(OC)cc1N(C)CCN(C)C. The van der Waals surface area contributed by atoms with Gasteiger partial charge in [0.2, 0.25) is 11.9 Å². The Bertz CT molecular complexity index is 1430. The number of aromatic nitrogens is 3. The van der Waals surface area contributed by atoms with Crippen LogP contribution in [0.3, 0.4) is 0 Å². The molecule has 4 rings (SSSR count). The molecule has 2 aromatic carbocycles. The van der Waals surface area contributed by atoms with Crippen LogP contribution in [0.4, 0.5) is 23.0 Å². The second-order valence-corrected chi connectivity index (χ2v) is 9.66. The van der Waals surface area contributed by atoms with Gasteiger partial charge in [-0.1, -0.05) is 28.6 Å². The Balaban J connectivity index is 1.70. The maximum absolute atomic E-state index is 12.2. The minimum absolute atomic E-state index is 0.303. The largest absolute Gasteiger partial charge is 0.494 e. The summed E-state index contributed by atoms with van der Waals surface area (Å²) in [7, 11) is 7.62. The van der Waals surface area contributed by atoms with Gasteiger partial charge in [0.15, 0.2) is 0 Å². The van der Waals surface area contributed by atoms with Crippen LogP contribution in [-0.2, 0) is 4.79 Å². The van der Waals surface area contributed by atoms with E-state index in [4.69, 9.17) is 9.72 Å². The fraction of sp³-hybridized carbons (Fsp3) is 0.222. The lowest BCUT2D eigenvalue weighted by atomic mass is 10.2. The van der Waals surface area contributed by atoms with E-state index in [1.165, 1.54) is 6.08 Å². The first-order valence-corrected chi connectivity index (χ1v) is 12.5. The van der Waals surface area contributed by atoms with E-state index in [2.05, 4.69) is 54.0 Å². The van der Waals surface area contributed by atoms with Gasteiger partial charge in [0, 0.05) is 48.5 Å². The van der Waals surface area contributed by atoms with Crippen LogP contribution in [0.15, 0.2) is 72.0 Å². The van der Waals surface area contributed by atoms with E-state index in [0.29, 0.717) is 28.9 Å². The number of likely N-dealkylation sites (N-methyl/N-ethyl adjacent to an activating group) is 2. The fourth-order valence-electron chi connectivity index (χ4n) is 3.87. The summed E-state index contributed by atoms with van der Waals surface area (Å²) in [6.07, 6.45) is 4.92. The van der Waals surface area contributed by atoms with E-state index in [-0.39, 0.29) is 5.91 Å². The van der Waals surface area contributed by atoms with Crippen molar-refractivity contribution >= 4 is 55.8 Å². The number of hydrogen-bond donors (Lipinski definition) is 2. The molecule has 0 aliphatic heterocycles. The molecular formula is C27H30BrN7O2. The molecule has 0 aliphatic carbocycles. The molecule has 2 N–H and O–H groups in total. The molecule has 0 atom stereocenters. The molecule has 0 saturated carbocycles. The Kier molecular flexibility index (Phi) is 8.10. The number of anilines is 4. The number of methoxy groups -OCH3 is 1. The normalized spacial score (nSPS) is 11.0. The number of carbonyl (C=O) groups excluding carboxylic acids is 1. The minimum Gasteiger partial charge on any atom is -0.494 e. The summed E-state index contributed by atoms with van der Waals surface area (Å²) in [5, 5.41) is 7.27. The Hall–Kier alpha value is -3.89. The first-order chi connectivity index (χ1) is 17.8. The number of ether oxygens (including phenoxy) is 1. The zero-order chi connectivity index (χ0) is 26.5. The van der Waals surface area contributed by atoms with Crippen molar-refractivity contribution in [3.63, 3.8) is 0 Å². The molecule has 0 bridgehead atoms. The van der Waals surface area contributed by atoms with Crippen molar-refractivity contribution in [1.29, 1.82) is 0 Å². The van der Waals surface area contributed by atoms with Gasteiger partial charge in [0.05, 0.1) is 29.7 Å². The van der Waals surface area contributed by atoms with Gasteiger partial charge in [-0.15, -0.1) is 0 Å². The predicted molar refractivity (Wildman–Crippen MR) is 153 cm³/mol. The molecule has 192 valence electrons. The Morgan fingerprint density at radius 3 is 2.68 bits per heavy atom. The maximum Gasteiger partial charge on any atom is 0.247 e. The highest BCUT2D eigenvalue weighted by Gasteiger charge is 2.17. The maximum atomic E-state index is 12.2. The van der Waals surface area contributed by atoms with Crippen LogP contribution >= 0.6 is 15.9 Å². The number of carbonyl (C=O) groups is 1. The average Bonchev–Trinajstić information content (AvgIpc) is 3.30. The molecule has 1 amide bonds. The molecule has 0 aliphatic rings. The Morgan fingerprint density at radius 1 is 1.14 bits per heavy atom. The van der Waals surface area contributed by atoms with Crippen LogP contribution in [-0.4, -0.2) is 66.7 Å². The summed E-state index contributed by atoms with van der Waals surface area (Å²) in [4.78, 5) is 25.5. The van der Waals surface area contributed by atoms with E-state index in [9.17, 15) is 4.79 Å². The molecule has 0 fully saturated rings. The summed E-state index contributed by atoms with van der Waals surface area (Å²) in [5.74, 6) is 1.39. The summed E-state index contributed by atoms with van der Waals surface area (Å²) in [6.45, 7) is 5.18. The first kappa shape index (κ1) is 26.2. The summed E-state index contributed by atoms with van der Waals surface area (Å²) in [6, 6.07) is 13.7. The number of rotatable bonds is 10. The molecule has 0 saturated heterocycles. The monoisotopic (exact) mass is 563 g/mol. The van der Waals surface area contributed by atoms with Gasteiger partial charge < -0.3 is 29.7 Å². The van der Waals surface area contributed by atoms with Crippen molar-refractivity contribution in [2.75, 3.05) is 56.9 Å². The number of benzene rings is 2. The molecular weight excluding hydrogens is 534 g/mol. The third-order valence-electron chi connectivity index (χ3n) is 5.84. The van der Waals surface area contributed by atoms with Gasteiger partial charge >= 0.3 is 0 Å². The van der Waals surface area contributed by atoms with Crippen LogP contribution < -0.4 is 20.3 Å². The van der Waals surface area contributed by atoms with E-state index in [1.807, 2.05) is 68.3 Å². The molecule has 10 heteroatoms. The Morgan fingerprint density at radius 2 is 1.95 bits per heavy atom. The zero-order valence-electron chi connectivity index (χ0n) is 21.3. The van der Waals surface area contributed by atoms with E-state index < -0.39 is 0 Å². The topological polar surface area (TPSA) is 87.5 Å². The third-order valence-corrected chi connectivity index (χ3v) is 6.34. The van der Waals surface area contributed by atoms with Crippen molar-refractivity contribution in [3.05, 3.63) is 72.0 Å². The summed E-state index contributed by atoms with van der Waals surface area (Å²) < 4.78 is 8.69. The standard InChI is InChI=1S/C27H30BrN7O2/c1-6-26(36)30-20-16-21(24(37-5)17-23(20)34(4)14-13-33(2)3)31-27-29-11-9-25(32-27)35-12-10-18-7-8-19(28)15-22(18)35/h6-12,15-17H,1,13-14H2,2-5H3,(H,30,36)(H,29,31,32). The lowest BCUT2D eigenvalue weighted by Crippen LogP contribution is -2.29. The number of nitrogens with zero attached hydrogens (tertiary/aromatic N) is 5. The lowest BCUT2D eigenvalue weighted by Gasteiger charge is -2.26. The number of fused-ring (bicyclic) bond motifs is 1. The van der Waals surface area contributed by atoms with Gasteiger partial charge in [0.25, 0.3) is 0 Å². The van der Waals surface area contributed by atoms with Gasteiger partial charge in [-0.25, -0.2) is 4.98 Å². The van der Waals surface area contributed by atoms with Crippen LogP contribution in [0.5, 0.6) is 5.75 Å². The van der Waals surface area contributed by atoms with Crippen LogP contribution in [0, 0.1) is 0 Å². The molecule has 37 heavy (non-hydrogen) atoms. The highest BCUT2D eigenvalue weighted by Crippen LogP contribution is 2.38. The van der Waals surface area contributed by atoms with Gasteiger partial charge in [-0.05, 0) is 50.5 Å². The zero-order valence-corrected chi connectivity index (χ0v) is 22.9. The second-order valence-electron chi connectivity index (χ2n) is 8.74. The highest BCUT2D eigenvalue weighted by atomic mass is 79.9. The Labute approximate surface area is 224 Å². The number of nitrogens with one attached hydrogen (secondary N) is 2. The van der Waals surface area contributed by atoms with Gasteiger partial charge in [-0.2, -0.15) is 4.98 Å². The second kappa shape index (κ2) is 11.4. The van der Waals surface area contributed by atoms with Crippen LogP contribution in [0.1, 0.15) is 0 Å². The van der Waals surface area contributed by atoms with Crippen LogP contribution in [0.25, 0.3) is 16.7 Å². The quantitative estimate of drug-likeness (QED) is 0.261. The van der Waals surface area contributed by atoms with E-state index >= 15 is 0 Å². The summed E-state index contributed by atoms with van der Waals surface area (Å²) >= 11 is 3.55. The van der Waals surface area contributed by atoms with Crippen molar-refractivity contribution < 1.29 is 9.53 Å². The molecule has 4 aromatic rings. The minimum atomic E-state index is -0.303. The van der Waals surface area contributed by atoms with Gasteiger partial charge in [0.1, 0.15) is 11.6 Å². The van der Waals surface area contributed by atoms with Crippen LogP contribution in [0.2, 0.25) is 0 Å². The predicted octanol–water partition coefficient (Wildman–Crippen LogP) is 5.06. The number of amides is 1. The van der Waals surface area contributed by atoms with E-state index in [1.54, 1.807) is 13.3 Å². The summed E-state index contributed by atoms with van der Waals surface area (Å²) in [5.41, 5.74) is 3.07. The molecule has 2 aromatic heterocycles. The molecule has 0 unspecified atom stereocenters. The molecule has 2 heterocycles. The molecule has 0 spiro atoms. The lowest BCUT2D eigenvalue weighted by molar-refractivity contribution is -0.111. The number of hydrogen-bond acceptors (Lipinski definition) is 7. The number of halogens is 1. The molecule has 0 radical (unpaired) electrons. The van der Waals surface area contributed by atoms with Crippen molar-refractivity contribution in [2.24, 2.45) is 0 Å².